The molecule has 0 unspecified atom stereocenters. The highest BCUT2D eigenvalue weighted by Gasteiger charge is 2.21. The molecule has 0 aliphatic carbocycles. The number of hydrogen-bond acceptors (Lipinski definition) is 4. The van der Waals surface area contributed by atoms with Gasteiger partial charge in [-0.25, -0.2) is 4.79 Å². The molecule has 1 aromatic heterocycles. The molecule has 7 nitrogen and oxygen atoms in total. The Labute approximate surface area is 96.1 Å². The van der Waals surface area contributed by atoms with E-state index in [9.17, 15) is 14.4 Å². The second kappa shape index (κ2) is 5.80. The molecule has 0 aliphatic heterocycles. The number of carboxylic acid groups (broad SMARTS) is 1. The van der Waals surface area contributed by atoms with Crippen LogP contribution in [0, 0.1) is 0 Å². The van der Waals surface area contributed by atoms with Gasteiger partial charge < -0.3 is 20.5 Å². The van der Waals surface area contributed by atoms with Crippen molar-refractivity contribution < 1.29 is 19.8 Å². The van der Waals surface area contributed by atoms with Gasteiger partial charge in [0.05, 0.1) is 0 Å². The predicted octanol–water partition coefficient (Wildman–Crippen LogP) is -1.06. The van der Waals surface area contributed by atoms with Crippen LogP contribution < -0.4 is 10.7 Å². The molecule has 0 fully saturated rings. The van der Waals surface area contributed by atoms with Crippen LogP contribution in [-0.4, -0.2) is 39.7 Å². The molecule has 1 amide bonds. The first-order valence-electron chi connectivity index (χ1n) is 4.88. The van der Waals surface area contributed by atoms with Gasteiger partial charge in [-0.2, -0.15) is 0 Å². The van der Waals surface area contributed by atoms with Gasteiger partial charge in [0, 0.05) is 31.5 Å². The van der Waals surface area contributed by atoms with Gasteiger partial charge in [0.25, 0.3) is 5.91 Å². The monoisotopic (exact) mass is 240 g/mol. The Morgan fingerprint density at radius 2 is 2.18 bits per heavy atom. The number of aromatic amines is 1. The lowest BCUT2D eigenvalue weighted by atomic mass is 10.2. The van der Waals surface area contributed by atoms with Crippen molar-refractivity contribution in [2.24, 2.45) is 0 Å². The number of aromatic nitrogens is 1. The van der Waals surface area contributed by atoms with E-state index in [0.717, 1.165) is 6.07 Å². The number of carboxylic acids is 1. The van der Waals surface area contributed by atoms with Crippen LogP contribution in [0.25, 0.3) is 0 Å². The summed E-state index contributed by atoms with van der Waals surface area (Å²) in [5.41, 5.74) is -0.675. The van der Waals surface area contributed by atoms with Gasteiger partial charge in [-0.15, -0.1) is 0 Å². The second-order valence-corrected chi connectivity index (χ2v) is 3.30. The number of H-pyrrole nitrogens is 1. The van der Waals surface area contributed by atoms with Crippen molar-refractivity contribution in [3.63, 3.8) is 0 Å². The average Bonchev–Trinajstić information content (AvgIpc) is 2.28. The number of amides is 1. The van der Waals surface area contributed by atoms with Gasteiger partial charge in [0.15, 0.2) is 5.43 Å². The fraction of sp³-hybridized carbons (Fsp3) is 0.300. The molecule has 1 heterocycles. The van der Waals surface area contributed by atoms with Crippen molar-refractivity contribution in [2.45, 2.75) is 12.5 Å². The first-order valence-corrected chi connectivity index (χ1v) is 4.88. The standard InChI is InChI=1S/C10H12N2O5/c13-4-2-7(10(16)17)12-9(15)6-5-11-3-1-8(6)14/h1,3,5,7,13H,2,4H2,(H,11,14)(H,12,15)(H,16,17)/t7-/m1/s1. The van der Waals surface area contributed by atoms with E-state index in [2.05, 4.69) is 10.3 Å². The van der Waals surface area contributed by atoms with Crippen LogP contribution in [0.2, 0.25) is 0 Å². The fourth-order valence-corrected chi connectivity index (χ4v) is 1.22. The third kappa shape index (κ3) is 3.42. The summed E-state index contributed by atoms with van der Waals surface area (Å²) in [6.07, 6.45) is 2.43. The molecule has 1 rings (SSSR count). The van der Waals surface area contributed by atoms with Crippen molar-refractivity contribution in [2.75, 3.05) is 6.61 Å². The Hall–Kier alpha value is -2.15. The number of hydrogen-bond donors (Lipinski definition) is 4. The maximum atomic E-state index is 11.6. The normalized spacial score (nSPS) is 11.8. The van der Waals surface area contributed by atoms with Gasteiger partial charge in [-0.3, -0.25) is 9.59 Å². The highest BCUT2D eigenvalue weighted by molar-refractivity contribution is 5.96. The summed E-state index contributed by atoms with van der Waals surface area (Å²) >= 11 is 0. The minimum atomic E-state index is -1.26. The zero-order valence-corrected chi connectivity index (χ0v) is 8.84. The molecular weight excluding hydrogens is 228 g/mol. The quantitative estimate of drug-likeness (QED) is 0.523. The molecule has 17 heavy (non-hydrogen) atoms. The van der Waals surface area contributed by atoms with E-state index >= 15 is 0 Å². The minimum absolute atomic E-state index is 0.119. The molecule has 0 aromatic carbocycles. The summed E-state index contributed by atoms with van der Waals surface area (Å²) in [5, 5.41) is 19.6. The number of carbonyl (C=O) groups excluding carboxylic acids is 1. The Kier molecular flexibility index (Phi) is 4.41. The van der Waals surface area contributed by atoms with E-state index in [-0.39, 0.29) is 18.6 Å². The molecule has 0 saturated heterocycles. The molecule has 1 aromatic rings. The number of nitrogens with one attached hydrogen (secondary N) is 2. The predicted molar refractivity (Wildman–Crippen MR) is 57.7 cm³/mol. The summed E-state index contributed by atoms with van der Waals surface area (Å²) in [6, 6.07) is -0.0522. The number of rotatable bonds is 5. The summed E-state index contributed by atoms with van der Waals surface area (Å²) in [7, 11) is 0. The maximum Gasteiger partial charge on any atom is 0.326 e. The SMILES string of the molecule is O=C(N[C@H](CCO)C(=O)O)c1c[nH]ccc1=O. The molecule has 0 bridgehead atoms. The average molecular weight is 240 g/mol. The van der Waals surface area contributed by atoms with Gasteiger partial charge in [0.1, 0.15) is 11.6 Å². The molecule has 0 spiro atoms. The lowest BCUT2D eigenvalue weighted by Gasteiger charge is -2.12. The lowest BCUT2D eigenvalue weighted by molar-refractivity contribution is -0.139. The van der Waals surface area contributed by atoms with Crippen molar-refractivity contribution in [3.8, 4) is 0 Å². The van der Waals surface area contributed by atoms with Crippen molar-refractivity contribution in [1.82, 2.24) is 10.3 Å². The van der Waals surface area contributed by atoms with Crippen LogP contribution in [0.1, 0.15) is 16.8 Å². The van der Waals surface area contributed by atoms with Gasteiger partial charge in [0.2, 0.25) is 0 Å². The minimum Gasteiger partial charge on any atom is -0.480 e. The molecule has 0 aliphatic rings. The van der Waals surface area contributed by atoms with Gasteiger partial charge >= 0.3 is 5.97 Å². The van der Waals surface area contributed by atoms with E-state index < -0.39 is 23.3 Å². The maximum absolute atomic E-state index is 11.6. The molecule has 0 radical (unpaired) electrons. The van der Waals surface area contributed by atoms with Crippen LogP contribution in [0.15, 0.2) is 23.3 Å². The van der Waals surface area contributed by atoms with Crippen molar-refractivity contribution in [1.29, 1.82) is 0 Å². The number of pyridine rings is 1. The highest BCUT2D eigenvalue weighted by atomic mass is 16.4. The lowest BCUT2D eigenvalue weighted by Crippen LogP contribution is -2.42. The number of aliphatic hydroxyl groups is 1. The molecule has 0 saturated carbocycles. The van der Waals surface area contributed by atoms with Crippen LogP contribution in [0.5, 0.6) is 0 Å². The summed E-state index contributed by atoms with van der Waals surface area (Å²) < 4.78 is 0. The Bertz CT molecular complexity index is 468. The van der Waals surface area contributed by atoms with Gasteiger partial charge in [-0.05, 0) is 0 Å². The highest BCUT2D eigenvalue weighted by Crippen LogP contribution is 1.95. The Morgan fingerprint density at radius 3 is 2.71 bits per heavy atom. The third-order valence-electron chi connectivity index (χ3n) is 2.09. The topological polar surface area (TPSA) is 119 Å². The van der Waals surface area contributed by atoms with E-state index in [0.29, 0.717) is 0 Å². The molecule has 7 heteroatoms. The molecular formula is C10H12N2O5. The van der Waals surface area contributed by atoms with E-state index in [1.165, 1.54) is 12.4 Å². The molecule has 92 valence electrons. The van der Waals surface area contributed by atoms with E-state index in [1.807, 2.05) is 0 Å². The van der Waals surface area contributed by atoms with E-state index in [4.69, 9.17) is 10.2 Å². The zero-order chi connectivity index (χ0) is 12.8. The first kappa shape index (κ1) is 12.9. The van der Waals surface area contributed by atoms with Gasteiger partial charge in [-0.1, -0.05) is 0 Å². The number of aliphatic hydroxyl groups excluding tert-OH is 1. The van der Waals surface area contributed by atoms with Crippen LogP contribution in [-0.2, 0) is 4.79 Å². The van der Waals surface area contributed by atoms with Crippen LogP contribution >= 0.6 is 0 Å². The molecule has 1 atom stereocenters. The van der Waals surface area contributed by atoms with E-state index in [1.54, 1.807) is 0 Å². The number of carbonyl (C=O) groups is 2. The van der Waals surface area contributed by atoms with Crippen LogP contribution in [0.3, 0.4) is 0 Å². The van der Waals surface area contributed by atoms with Crippen LogP contribution in [0.4, 0.5) is 0 Å². The third-order valence-corrected chi connectivity index (χ3v) is 2.09. The largest absolute Gasteiger partial charge is 0.480 e. The van der Waals surface area contributed by atoms with Crippen molar-refractivity contribution in [3.05, 3.63) is 34.2 Å². The number of aliphatic carboxylic acids is 1. The fourth-order valence-electron chi connectivity index (χ4n) is 1.22. The zero-order valence-electron chi connectivity index (χ0n) is 8.84. The molecule has 4 N–H and O–H groups in total. The summed E-state index contributed by atoms with van der Waals surface area (Å²) in [6.45, 7) is -0.373. The summed E-state index contributed by atoms with van der Waals surface area (Å²) in [5.74, 6) is -2.05. The Morgan fingerprint density at radius 1 is 1.47 bits per heavy atom. The second-order valence-electron chi connectivity index (χ2n) is 3.30. The Balaban J connectivity index is 2.81. The summed E-state index contributed by atoms with van der Waals surface area (Å²) in [4.78, 5) is 36.2. The first-order chi connectivity index (χ1) is 8.06. The van der Waals surface area contributed by atoms with Crippen molar-refractivity contribution >= 4 is 11.9 Å². The smallest absolute Gasteiger partial charge is 0.326 e.